The molecule has 5 heteroatoms. The second kappa shape index (κ2) is 5.98. The van der Waals surface area contributed by atoms with Crippen molar-refractivity contribution in [3.05, 3.63) is 48.3 Å². The van der Waals surface area contributed by atoms with Gasteiger partial charge in [0.15, 0.2) is 5.82 Å². The lowest BCUT2D eigenvalue weighted by Crippen LogP contribution is -2.51. The van der Waals surface area contributed by atoms with E-state index in [1.165, 1.54) is 0 Å². The highest BCUT2D eigenvalue weighted by atomic mass is 16.3. The summed E-state index contributed by atoms with van der Waals surface area (Å²) in [6.07, 6.45) is 5.78. The van der Waals surface area contributed by atoms with Gasteiger partial charge in [0.2, 0.25) is 0 Å². The van der Waals surface area contributed by atoms with Crippen LogP contribution >= 0.6 is 0 Å². The minimum Gasteiger partial charge on any atom is -0.391 e. The van der Waals surface area contributed by atoms with Crippen molar-refractivity contribution in [3.63, 3.8) is 0 Å². The summed E-state index contributed by atoms with van der Waals surface area (Å²) in [5.41, 5.74) is 0.919. The van der Waals surface area contributed by atoms with Crippen LogP contribution in [0.25, 0.3) is 11.4 Å². The predicted molar refractivity (Wildman–Crippen MR) is 90.3 cm³/mol. The molecule has 4 rings (SSSR count). The lowest BCUT2D eigenvalue weighted by Gasteiger charge is -2.37. The molecule has 1 spiro atoms. The summed E-state index contributed by atoms with van der Waals surface area (Å²) in [4.78, 5) is 23.7. The Kier molecular flexibility index (Phi) is 3.81. The zero-order valence-electron chi connectivity index (χ0n) is 13.6. The van der Waals surface area contributed by atoms with Gasteiger partial charge in [0.1, 0.15) is 5.69 Å². The minimum atomic E-state index is -0.417. The van der Waals surface area contributed by atoms with E-state index in [1.54, 1.807) is 12.3 Å². The summed E-state index contributed by atoms with van der Waals surface area (Å²) >= 11 is 0. The maximum absolute atomic E-state index is 13.1. The average molecular weight is 323 g/mol. The number of aromatic nitrogens is 2. The van der Waals surface area contributed by atoms with E-state index in [1.807, 2.05) is 35.2 Å². The molecular weight excluding hydrogens is 302 g/mol. The van der Waals surface area contributed by atoms with Crippen molar-refractivity contribution in [2.45, 2.75) is 43.7 Å². The SMILES string of the molecule is O=C(c1ccnc(-c2ccccc2)n1)N1CCC(O)C12CCCC2. The van der Waals surface area contributed by atoms with Gasteiger partial charge in [-0.05, 0) is 25.3 Å². The molecule has 0 radical (unpaired) electrons. The fraction of sp³-hybridized carbons (Fsp3) is 0.421. The number of aliphatic hydroxyl groups excluding tert-OH is 1. The Labute approximate surface area is 141 Å². The quantitative estimate of drug-likeness (QED) is 0.923. The standard InChI is InChI=1S/C19H21N3O2/c23-16-9-13-22(19(16)10-4-5-11-19)18(24)15-8-12-20-17(21-15)14-6-2-1-3-7-14/h1-3,6-8,12,16,23H,4-5,9-11,13H2. The van der Waals surface area contributed by atoms with Crippen molar-refractivity contribution in [3.8, 4) is 11.4 Å². The van der Waals surface area contributed by atoms with Crippen LogP contribution in [0.4, 0.5) is 0 Å². The van der Waals surface area contributed by atoms with Gasteiger partial charge in [-0.1, -0.05) is 43.2 Å². The molecule has 1 aliphatic heterocycles. The number of hydrogen-bond donors (Lipinski definition) is 1. The first-order chi connectivity index (χ1) is 11.7. The fourth-order valence-corrected chi connectivity index (χ4v) is 4.16. The van der Waals surface area contributed by atoms with E-state index >= 15 is 0 Å². The second-order valence-corrected chi connectivity index (χ2v) is 6.70. The van der Waals surface area contributed by atoms with Crippen LogP contribution in [0.3, 0.4) is 0 Å². The molecule has 1 amide bonds. The Hall–Kier alpha value is -2.27. The highest BCUT2D eigenvalue weighted by molar-refractivity contribution is 5.93. The number of carbonyl (C=O) groups excluding carboxylic acids is 1. The number of carbonyl (C=O) groups is 1. The van der Waals surface area contributed by atoms with Crippen molar-refractivity contribution >= 4 is 5.91 Å². The van der Waals surface area contributed by atoms with Gasteiger partial charge in [-0.2, -0.15) is 0 Å². The first-order valence-corrected chi connectivity index (χ1v) is 8.59. The summed E-state index contributed by atoms with van der Waals surface area (Å²) < 4.78 is 0. The molecule has 1 N–H and O–H groups in total. The van der Waals surface area contributed by atoms with Gasteiger partial charge < -0.3 is 10.0 Å². The average Bonchev–Trinajstić information content (AvgIpc) is 3.24. The van der Waals surface area contributed by atoms with Gasteiger partial charge in [-0.15, -0.1) is 0 Å². The van der Waals surface area contributed by atoms with E-state index in [0.717, 1.165) is 31.2 Å². The number of amides is 1. The van der Waals surface area contributed by atoms with Gasteiger partial charge in [0, 0.05) is 18.3 Å². The van der Waals surface area contributed by atoms with Gasteiger partial charge in [0.25, 0.3) is 5.91 Å². The Balaban J connectivity index is 1.66. The van der Waals surface area contributed by atoms with E-state index in [2.05, 4.69) is 9.97 Å². The third kappa shape index (κ3) is 2.40. The van der Waals surface area contributed by atoms with Crippen molar-refractivity contribution in [2.75, 3.05) is 6.54 Å². The third-order valence-electron chi connectivity index (χ3n) is 5.41. The molecule has 1 atom stereocenters. The van der Waals surface area contributed by atoms with Crippen LogP contribution in [-0.2, 0) is 0 Å². The summed E-state index contributed by atoms with van der Waals surface area (Å²) in [6.45, 7) is 0.602. The smallest absolute Gasteiger partial charge is 0.273 e. The topological polar surface area (TPSA) is 66.3 Å². The number of aliphatic hydroxyl groups is 1. The monoisotopic (exact) mass is 323 g/mol. The Morgan fingerprint density at radius 2 is 1.92 bits per heavy atom. The van der Waals surface area contributed by atoms with E-state index in [0.29, 0.717) is 24.5 Å². The van der Waals surface area contributed by atoms with E-state index in [4.69, 9.17) is 0 Å². The molecule has 1 saturated carbocycles. The summed E-state index contributed by atoms with van der Waals surface area (Å²) in [7, 11) is 0. The molecule has 5 nitrogen and oxygen atoms in total. The van der Waals surface area contributed by atoms with Gasteiger partial charge in [0.05, 0.1) is 11.6 Å². The Morgan fingerprint density at radius 1 is 1.17 bits per heavy atom. The molecular formula is C19H21N3O2. The molecule has 0 bridgehead atoms. The molecule has 2 fully saturated rings. The molecule has 1 saturated heterocycles. The Bertz CT molecular complexity index is 741. The number of nitrogens with zero attached hydrogens (tertiary/aromatic N) is 3. The predicted octanol–water partition coefficient (Wildman–Crippen LogP) is 2.66. The van der Waals surface area contributed by atoms with E-state index in [-0.39, 0.29) is 11.4 Å². The number of benzene rings is 1. The largest absolute Gasteiger partial charge is 0.391 e. The molecule has 2 aromatic rings. The Morgan fingerprint density at radius 3 is 2.67 bits per heavy atom. The molecule has 1 aromatic carbocycles. The van der Waals surface area contributed by atoms with Gasteiger partial charge in [-0.3, -0.25) is 4.79 Å². The number of likely N-dealkylation sites (tertiary alicyclic amines) is 1. The third-order valence-corrected chi connectivity index (χ3v) is 5.41. The molecule has 124 valence electrons. The number of hydrogen-bond acceptors (Lipinski definition) is 4. The maximum Gasteiger partial charge on any atom is 0.273 e. The minimum absolute atomic E-state index is 0.0898. The maximum atomic E-state index is 13.1. The van der Waals surface area contributed by atoms with Crippen molar-refractivity contribution in [1.82, 2.24) is 14.9 Å². The van der Waals surface area contributed by atoms with Crippen LogP contribution in [0.15, 0.2) is 42.6 Å². The van der Waals surface area contributed by atoms with Crippen LogP contribution < -0.4 is 0 Å². The van der Waals surface area contributed by atoms with Crippen LogP contribution in [0.5, 0.6) is 0 Å². The molecule has 1 aliphatic carbocycles. The van der Waals surface area contributed by atoms with Crippen molar-refractivity contribution in [1.29, 1.82) is 0 Å². The number of rotatable bonds is 2. The van der Waals surface area contributed by atoms with Crippen LogP contribution in [0.2, 0.25) is 0 Å². The van der Waals surface area contributed by atoms with E-state index in [9.17, 15) is 9.90 Å². The zero-order valence-corrected chi connectivity index (χ0v) is 13.6. The molecule has 1 aromatic heterocycles. The van der Waals surface area contributed by atoms with Crippen LogP contribution in [-0.4, -0.2) is 44.1 Å². The first-order valence-electron chi connectivity index (χ1n) is 8.59. The molecule has 1 unspecified atom stereocenters. The van der Waals surface area contributed by atoms with Crippen LogP contribution in [0, 0.1) is 0 Å². The summed E-state index contributed by atoms with van der Waals surface area (Å²) in [5, 5.41) is 10.5. The van der Waals surface area contributed by atoms with Crippen LogP contribution in [0.1, 0.15) is 42.6 Å². The molecule has 2 heterocycles. The normalized spacial score (nSPS) is 22.2. The van der Waals surface area contributed by atoms with Gasteiger partial charge >= 0.3 is 0 Å². The molecule has 24 heavy (non-hydrogen) atoms. The van der Waals surface area contributed by atoms with E-state index < -0.39 is 6.10 Å². The van der Waals surface area contributed by atoms with Crippen molar-refractivity contribution < 1.29 is 9.90 Å². The summed E-state index contributed by atoms with van der Waals surface area (Å²) in [6, 6.07) is 11.3. The lowest BCUT2D eigenvalue weighted by molar-refractivity contribution is 0.0256. The highest BCUT2D eigenvalue weighted by Crippen LogP contribution is 2.43. The highest BCUT2D eigenvalue weighted by Gasteiger charge is 2.51. The fourth-order valence-electron chi connectivity index (χ4n) is 4.16. The summed E-state index contributed by atoms with van der Waals surface area (Å²) in [5.74, 6) is 0.467. The van der Waals surface area contributed by atoms with Crippen molar-refractivity contribution in [2.24, 2.45) is 0 Å². The zero-order chi connectivity index (χ0) is 16.6. The van der Waals surface area contributed by atoms with Gasteiger partial charge in [-0.25, -0.2) is 9.97 Å². The first kappa shape index (κ1) is 15.3. The molecule has 2 aliphatic rings. The lowest BCUT2D eigenvalue weighted by atomic mass is 9.91. The second-order valence-electron chi connectivity index (χ2n) is 6.70.